The van der Waals surface area contributed by atoms with Crippen LogP contribution < -0.4 is 15.0 Å². The van der Waals surface area contributed by atoms with E-state index in [0.29, 0.717) is 25.4 Å². The van der Waals surface area contributed by atoms with Crippen molar-refractivity contribution in [2.24, 2.45) is 5.92 Å². The maximum Gasteiger partial charge on any atom is 0.225 e. The van der Waals surface area contributed by atoms with Crippen LogP contribution >= 0.6 is 0 Å². The lowest BCUT2D eigenvalue weighted by Crippen LogP contribution is -2.44. The zero-order chi connectivity index (χ0) is 23.2. The lowest BCUT2D eigenvalue weighted by atomic mass is 9.97. The van der Waals surface area contributed by atoms with Crippen molar-refractivity contribution in [3.05, 3.63) is 71.5 Å². The molecule has 7 heteroatoms. The highest BCUT2D eigenvalue weighted by molar-refractivity contribution is 5.79. The molecule has 33 heavy (non-hydrogen) atoms. The average molecular weight is 449 g/mol. The molecule has 3 aromatic rings. The number of carbonyl (C=O) groups is 1. The molecule has 2 heterocycles. The van der Waals surface area contributed by atoms with E-state index in [1.807, 2.05) is 38.1 Å². The van der Waals surface area contributed by atoms with Gasteiger partial charge in [-0.25, -0.2) is 4.39 Å². The van der Waals surface area contributed by atoms with Gasteiger partial charge in [0.15, 0.2) is 5.82 Å². The zero-order valence-corrected chi connectivity index (χ0v) is 19.1. The minimum absolute atomic E-state index is 0.0413. The van der Waals surface area contributed by atoms with E-state index < -0.39 is 0 Å². The molecule has 0 aliphatic carbocycles. The number of piperidine rings is 1. The Hall–Kier alpha value is -3.48. The number of nitrogens with one attached hydrogen (secondary N) is 1. The molecule has 6 nitrogen and oxygen atoms in total. The molecule has 1 aliphatic rings. The topological polar surface area (TPSA) is 67.3 Å². The highest BCUT2D eigenvalue weighted by Crippen LogP contribution is 2.24. The fraction of sp³-hybridized carbons (Fsp3) is 0.346. The first-order valence-corrected chi connectivity index (χ1v) is 11.3. The summed E-state index contributed by atoms with van der Waals surface area (Å²) in [6.07, 6.45) is 1.76. The van der Waals surface area contributed by atoms with Crippen molar-refractivity contribution in [2.45, 2.75) is 26.7 Å². The standard InChI is InChI=1S/C26H29FN4O2/c1-18-14-19(2)16-23(15-18)33-13-11-28-26(32)21-4-3-12-31(17-21)25-10-9-24(29-30-25)20-5-7-22(27)8-6-20/h5-10,14-16,21H,3-4,11-13,17H2,1-2H3,(H,28,32). The molecule has 4 rings (SSSR count). The normalized spacial score (nSPS) is 15.8. The fourth-order valence-corrected chi connectivity index (χ4v) is 4.17. The molecule has 1 aliphatic heterocycles. The van der Waals surface area contributed by atoms with Gasteiger partial charge in [-0.15, -0.1) is 10.2 Å². The molecule has 1 saturated heterocycles. The summed E-state index contributed by atoms with van der Waals surface area (Å²) in [5.41, 5.74) is 3.82. The number of hydrogen-bond acceptors (Lipinski definition) is 5. The number of carbonyl (C=O) groups excluding carboxylic acids is 1. The van der Waals surface area contributed by atoms with Crippen LogP contribution in [-0.4, -0.2) is 42.3 Å². The highest BCUT2D eigenvalue weighted by atomic mass is 19.1. The predicted molar refractivity (Wildman–Crippen MR) is 127 cm³/mol. The molecule has 1 N–H and O–H groups in total. The number of amides is 1. The van der Waals surface area contributed by atoms with Crippen molar-refractivity contribution >= 4 is 11.7 Å². The maximum absolute atomic E-state index is 13.1. The highest BCUT2D eigenvalue weighted by Gasteiger charge is 2.26. The van der Waals surface area contributed by atoms with Gasteiger partial charge in [-0.1, -0.05) is 6.07 Å². The van der Waals surface area contributed by atoms with Crippen molar-refractivity contribution in [1.82, 2.24) is 15.5 Å². The third-order valence-corrected chi connectivity index (χ3v) is 5.77. The van der Waals surface area contributed by atoms with Gasteiger partial charge in [-0.3, -0.25) is 4.79 Å². The Morgan fingerprint density at radius 1 is 1.09 bits per heavy atom. The van der Waals surface area contributed by atoms with Gasteiger partial charge in [0, 0.05) is 18.7 Å². The maximum atomic E-state index is 13.1. The van der Waals surface area contributed by atoms with Crippen molar-refractivity contribution < 1.29 is 13.9 Å². The van der Waals surface area contributed by atoms with Gasteiger partial charge in [0.1, 0.15) is 18.2 Å². The third kappa shape index (κ3) is 6.06. The van der Waals surface area contributed by atoms with E-state index in [0.717, 1.165) is 47.6 Å². The molecule has 0 saturated carbocycles. The smallest absolute Gasteiger partial charge is 0.225 e. The van der Waals surface area contributed by atoms with Crippen LogP contribution in [0.3, 0.4) is 0 Å². The first kappa shape index (κ1) is 22.7. The van der Waals surface area contributed by atoms with Gasteiger partial charge in [0.25, 0.3) is 0 Å². The number of anilines is 1. The van der Waals surface area contributed by atoms with E-state index >= 15 is 0 Å². The number of aryl methyl sites for hydroxylation is 2. The minimum Gasteiger partial charge on any atom is -0.492 e. The van der Waals surface area contributed by atoms with Crippen LogP contribution in [0, 0.1) is 25.6 Å². The van der Waals surface area contributed by atoms with Crippen LogP contribution in [-0.2, 0) is 4.79 Å². The lowest BCUT2D eigenvalue weighted by Gasteiger charge is -2.32. The fourth-order valence-electron chi connectivity index (χ4n) is 4.17. The Morgan fingerprint density at radius 2 is 1.85 bits per heavy atom. The Labute approximate surface area is 193 Å². The number of nitrogens with zero attached hydrogens (tertiary/aromatic N) is 3. The largest absolute Gasteiger partial charge is 0.492 e. The number of rotatable bonds is 7. The van der Waals surface area contributed by atoms with E-state index in [-0.39, 0.29) is 17.6 Å². The van der Waals surface area contributed by atoms with Crippen LogP contribution in [0.4, 0.5) is 10.2 Å². The van der Waals surface area contributed by atoms with E-state index in [4.69, 9.17) is 4.74 Å². The van der Waals surface area contributed by atoms with E-state index in [2.05, 4.69) is 26.5 Å². The van der Waals surface area contributed by atoms with E-state index in [9.17, 15) is 9.18 Å². The monoisotopic (exact) mass is 448 g/mol. The zero-order valence-electron chi connectivity index (χ0n) is 19.1. The summed E-state index contributed by atoms with van der Waals surface area (Å²) in [7, 11) is 0. The van der Waals surface area contributed by atoms with Crippen LogP contribution in [0.5, 0.6) is 5.75 Å². The molecule has 1 unspecified atom stereocenters. The summed E-state index contributed by atoms with van der Waals surface area (Å²) in [4.78, 5) is 14.8. The van der Waals surface area contributed by atoms with Gasteiger partial charge in [-0.05, 0) is 86.3 Å². The second-order valence-electron chi connectivity index (χ2n) is 8.53. The molecule has 0 spiro atoms. The average Bonchev–Trinajstić information content (AvgIpc) is 2.82. The molecule has 172 valence electrons. The predicted octanol–water partition coefficient (Wildman–Crippen LogP) is 4.31. The number of halogens is 1. The van der Waals surface area contributed by atoms with E-state index in [1.165, 1.54) is 12.1 Å². The quantitative estimate of drug-likeness (QED) is 0.546. The van der Waals surface area contributed by atoms with Crippen molar-refractivity contribution in [1.29, 1.82) is 0 Å². The first-order chi connectivity index (χ1) is 16.0. The van der Waals surface area contributed by atoms with Crippen LogP contribution in [0.2, 0.25) is 0 Å². The summed E-state index contributed by atoms with van der Waals surface area (Å²) in [6, 6.07) is 16.1. The SMILES string of the molecule is Cc1cc(C)cc(OCCNC(=O)C2CCCN(c3ccc(-c4ccc(F)cc4)nn3)C2)c1. The summed E-state index contributed by atoms with van der Waals surface area (Å²) in [5, 5.41) is 11.6. The third-order valence-electron chi connectivity index (χ3n) is 5.77. The molecule has 0 bridgehead atoms. The van der Waals surface area contributed by atoms with Gasteiger partial charge >= 0.3 is 0 Å². The van der Waals surface area contributed by atoms with Crippen molar-refractivity contribution in [2.75, 3.05) is 31.1 Å². The Bertz CT molecular complexity index is 1070. The number of benzene rings is 2. The van der Waals surface area contributed by atoms with Crippen molar-refractivity contribution in [3.8, 4) is 17.0 Å². The van der Waals surface area contributed by atoms with Crippen molar-refractivity contribution in [3.63, 3.8) is 0 Å². The summed E-state index contributed by atoms with van der Waals surface area (Å²) in [6.45, 7) is 6.42. The number of ether oxygens (including phenoxy) is 1. The molecule has 0 radical (unpaired) electrons. The molecule has 1 aromatic heterocycles. The second-order valence-corrected chi connectivity index (χ2v) is 8.53. The van der Waals surface area contributed by atoms with Crippen LogP contribution in [0.15, 0.2) is 54.6 Å². The molecule has 1 fully saturated rings. The Morgan fingerprint density at radius 3 is 2.55 bits per heavy atom. The van der Waals surface area contributed by atoms with Crippen LogP contribution in [0.1, 0.15) is 24.0 Å². The van der Waals surface area contributed by atoms with Gasteiger partial charge in [0.05, 0.1) is 18.2 Å². The van der Waals surface area contributed by atoms with E-state index in [1.54, 1.807) is 12.1 Å². The molecular formula is C26H29FN4O2. The first-order valence-electron chi connectivity index (χ1n) is 11.3. The van der Waals surface area contributed by atoms with Gasteiger partial charge < -0.3 is 15.0 Å². The molecule has 1 atom stereocenters. The Balaban J connectivity index is 1.27. The summed E-state index contributed by atoms with van der Waals surface area (Å²) >= 11 is 0. The van der Waals surface area contributed by atoms with Gasteiger partial charge in [0.2, 0.25) is 5.91 Å². The molecular weight excluding hydrogens is 419 g/mol. The second kappa shape index (κ2) is 10.4. The van der Waals surface area contributed by atoms with Crippen LogP contribution in [0.25, 0.3) is 11.3 Å². The summed E-state index contributed by atoms with van der Waals surface area (Å²) < 4.78 is 18.9. The van der Waals surface area contributed by atoms with Gasteiger partial charge in [-0.2, -0.15) is 0 Å². The Kier molecular flexibility index (Phi) is 7.17. The lowest BCUT2D eigenvalue weighted by molar-refractivity contribution is -0.125. The number of aromatic nitrogens is 2. The molecule has 2 aromatic carbocycles. The minimum atomic E-state index is -0.280. The summed E-state index contributed by atoms with van der Waals surface area (Å²) in [5.74, 6) is 1.24. The molecule has 1 amide bonds. The number of hydrogen-bond donors (Lipinski definition) is 1.